The molecule has 0 unspecified atom stereocenters. The maximum atomic E-state index is 12.3. The van der Waals surface area contributed by atoms with Gasteiger partial charge < -0.3 is 15.0 Å². The Bertz CT molecular complexity index is 544. The molecule has 1 aromatic rings. The van der Waals surface area contributed by atoms with E-state index in [0.29, 0.717) is 43.6 Å². The summed E-state index contributed by atoms with van der Waals surface area (Å²) in [5, 5.41) is 3.28. The van der Waals surface area contributed by atoms with Crippen molar-refractivity contribution in [3.05, 3.63) is 23.4 Å². The summed E-state index contributed by atoms with van der Waals surface area (Å²) >= 11 is 5.77. The number of carbonyl (C=O) groups excluding carboxylic acids is 2. The predicted octanol–water partition coefficient (Wildman–Crippen LogP) is 1.84. The van der Waals surface area contributed by atoms with E-state index < -0.39 is 0 Å². The molecule has 1 atom stereocenters. The number of ether oxygens (including phenoxy) is 1. The molecule has 2 amide bonds. The van der Waals surface area contributed by atoms with E-state index in [1.807, 2.05) is 11.8 Å². The average Bonchev–Trinajstić information content (AvgIpc) is 2.56. The highest BCUT2D eigenvalue weighted by molar-refractivity contribution is 6.30. The van der Waals surface area contributed by atoms with Crippen molar-refractivity contribution in [3.63, 3.8) is 0 Å². The number of nitrogens with one attached hydrogen (secondary N) is 1. The molecule has 23 heavy (non-hydrogen) atoms. The molecule has 0 spiro atoms. The Labute approximate surface area is 140 Å². The smallest absolute Gasteiger partial charge is 0.409 e. The van der Waals surface area contributed by atoms with Crippen LogP contribution in [0.2, 0.25) is 5.02 Å². The van der Waals surface area contributed by atoms with Gasteiger partial charge in [0.1, 0.15) is 5.82 Å². The second kappa shape index (κ2) is 8.12. The monoisotopic (exact) mass is 340 g/mol. The van der Waals surface area contributed by atoms with Crippen LogP contribution in [0.15, 0.2) is 18.3 Å². The van der Waals surface area contributed by atoms with Gasteiger partial charge in [-0.15, -0.1) is 0 Å². The summed E-state index contributed by atoms with van der Waals surface area (Å²) in [6.45, 7) is 6.34. The van der Waals surface area contributed by atoms with E-state index in [0.717, 1.165) is 0 Å². The highest BCUT2D eigenvalue weighted by atomic mass is 35.5. The van der Waals surface area contributed by atoms with E-state index in [4.69, 9.17) is 16.3 Å². The van der Waals surface area contributed by atoms with Gasteiger partial charge in [0.2, 0.25) is 5.91 Å². The van der Waals surface area contributed by atoms with Crippen LogP contribution in [0.4, 0.5) is 10.6 Å². The van der Waals surface area contributed by atoms with Crippen molar-refractivity contribution in [1.82, 2.24) is 14.8 Å². The molecule has 1 aliphatic heterocycles. The van der Waals surface area contributed by atoms with Crippen molar-refractivity contribution < 1.29 is 14.3 Å². The van der Waals surface area contributed by atoms with Crippen molar-refractivity contribution in [1.29, 1.82) is 0 Å². The van der Waals surface area contributed by atoms with Crippen LogP contribution in [0.5, 0.6) is 0 Å². The number of hydrogen-bond acceptors (Lipinski definition) is 5. The molecule has 7 nitrogen and oxygen atoms in total. The van der Waals surface area contributed by atoms with Gasteiger partial charge in [-0.3, -0.25) is 9.69 Å². The quantitative estimate of drug-likeness (QED) is 0.905. The number of amides is 2. The fourth-order valence-electron chi connectivity index (χ4n) is 2.35. The van der Waals surface area contributed by atoms with E-state index in [2.05, 4.69) is 10.3 Å². The molecule has 2 heterocycles. The van der Waals surface area contributed by atoms with Crippen LogP contribution in [-0.2, 0) is 9.53 Å². The van der Waals surface area contributed by atoms with Crippen LogP contribution in [-0.4, -0.2) is 65.6 Å². The number of piperazine rings is 1. The fourth-order valence-corrected chi connectivity index (χ4v) is 2.46. The summed E-state index contributed by atoms with van der Waals surface area (Å²) in [5.41, 5.74) is 0. The predicted molar refractivity (Wildman–Crippen MR) is 87.5 cm³/mol. The van der Waals surface area contributed by atoms with Gasteiger partial charge in [0.15, 0.2) is 0 Å². The van der Waals surface area contributed by atoms with E-state index in [-0.39, 0.29) is 18.0 Å². The summed E-state index contributed by atoms with van der Waals surface area (Å²) in [5.74, 6) is 0.334. The van der Waals surface area contributed by atoms with Crippen LogP contribution in [0.1, 0.15) is 13.8 Å². The van der Waals surface area contributed by atoms with Gasteiger partial charge >= 0.3 is 6.09 Å². The summed E-state index contributed by atoms with van der Waals surface area (Å²) < 4.78 is 4.98. The molecular weight excluding hydrogens is 320 g/mol. The van der Waals surface area contributed by atoms with E-state index >= 15 is 0 Å². The van der Waals surface area contributed by atoms with Crippen molar-refractivity contribution >= 4 is 29.4 Å². The first-order valence-corrected chi connectivity index (χ1v) is 7.97. The first-order valence-electron chi connectivity index (χ1n) is 7.59. The lowest BCUT2D eigenvalue weighted by Crippen LogP contribution is -2.54. The molecule has 1 saturated heterocycles. The normalized spacial score (nSPS) is 16.7. The SMILES string of the molecule is CCOC(=O)N1CCN([C@@H](C)C(=O)Nc2ccc(Cl)cn2)CC1. The Morgan fingerprint density at radius 3 is 2.61 bits per heavy atom. The minimum Gasteiger partial charge on any atom is -0.450 e. The molecule has 126 valence electrons. The topological polar surface area (TPSA) is 74.8 Å². The van der Waals surface area contributed by atoms with Crippen molar-refractivity contribution in [3.8, 4) is 0 Å². The van der Waals surface area contributed by atoms with Gasteiger partial charge in [-0.05, 0) is 26.0 Å². The highest BCUT2D eigenvalue weighted by Gasteiger charge is 2.28. The Kier molecular flexibility index (Phi) is 6.18. The van der Waals surface area contributed by atoms with E-state index in [1.54, 1.807) is 24.0 Å². The van der Waals surface area contributed by atoms with Gasteiger partial charge in [-0.2, -0.15) is 0 Å². The third-order valence-corrected chi connectivity index (χ3v) is 3.97. The number of carbonyl (C=O) groups is 2. The molecular formula is C15H21ClN4O3. The molecule has 1 fully saturated rings. The van der Waals surface area contributed by atoms with Gasteiger partial charge in [0.25, 0.3) is 0 Å². The maximum absolute atomic E-state index is 12.3. The van der Waals surface area contributed by atoms with Crippen LogP contribution in [0.25, 0.3) is 0 Å². The standard InChI is InChI=1S/C15H21ClN4O3/c1-3-23-15(22)20-8-6-19(7-9-20)11(2)14(21)18-13-5-4-12(16)10-17-13/h4-5,10-11H,3,6-9H2,1-2H3,(H,17,18,21)/t11-/m0/s1. The second-order valence-electron chi connectivity index (χ2n) is 5.25. The Morgan fingerprint density at radius 1 is 1.35 bits per heavy atom. The fraction of sp³-hybridized carbons (Fsp3) is 0.533. The van der Waals surface area contributed by atoms with Crippen molar-refractivity contribution in [2.24, 2.45) is 0 Å². The molecule has 8 heteroatoms. The van der Waals surface area contributed by atoms with Gasteiger partial charge in [0.05, 0.1) is 17.7 Å². The zero-order chi connectivity index (χ0) is 16.8. The number of halogens is 1. The first kappa shape index (κ1) is 17.5. The van der Waals surface area contributed by atoms with Crippen LogP contribution in [0, 0.1) is 0 Å². The molecule has 0 aromatic carbocycles. The average molecular weight is 341 g/mol. The third-order valence-electron chi connectivity index (χ3n) is 3.75. The van der Waals surface area contributed by atoms with Crippen molar-refractivity contribution in [2.75, 3.05) is 38.1 Å². The van der Waals surface area contributed by atoms with Crippen LogP contribution < -0.4 is 5.32 Å². The molecule has 0 bridgehead atoms. The number of nitrogens with zero attached hydrogens (tertiary/aromatic N) is 3. The number of hydrogen-bond donors (Lipinski definition) is 1. The summed E-state index contributed by atoms with van der Waals surface area (Å²) in [6.07, 6.45) is 1.19. The lowest BCUT2D eigenvalue weighted by Gasteiger charge is -2.36. The molecule has 1 aliphatic rings. The molecule has 0 aliphatic carbocycles. The minimum absolute atomic E-state index is 0.135. The highest BCUT2D eigenvalue weighted by Crippen LogP contribution is 2.12. The molecule has 1 aromatic heterocycles. The van der Waals surface area contributed by atoms with Gasteiger partial charge in [0, 0.05) is 32.4 Å². The Hall–Kier alpha value is -1.86. The van der Waals surface area contributed by atoms with Crippen LogP contribution >= 0.6 is 11.6 Å². The minimum atomic E-state index is -0.308. The lowest BCUT2D eigenvalue weighted by molar-refractivity contribution is -0.121. The zero-order valence-corrected chi connectivity index (χ0v) is 14.0. The summed E-state index contributed by atoms with van der Waals surface area (Å²) in [4.78, 5) is 31.7. The Morgan fingerprint density at radius 2 is 2.04 bits per heavy atom. The zero-order valence-electron chi connectivity index (χ0n) is 13.3. The number of anilines is 1. The molecule has 0 saturated carbocycles. The molecule has 0 radical (unpaired) electrons. The maximum Gasteiger partial charge on any atom is 0.409 e. The number of rotatable bonds is 4. The first-order chi connectivity index (χ1) is 11.0. The largest absolute Gasteiger partial charge is 0.450 e. The lowest BCUT2D eigenvalue weighted by atomic mass is 10.2. The van der Waals surface area contributed by atoms with E-state index in [9.17, 15) is 9.59 Å². The second-order valence-corrected chi connectivity index (χ2v) is 5.69. The summed E-state index contributed by atoms with van der Waals surface area (Å²) in [6, 6.07) is 3.02. The molecule has 1 N–H and O–H groups in total. The third kappa shape index (κ3) is 4.80. The number of pyridine rings is 1. The number of aromatic nitrogens is 1. The molecule has 2 rings (SSSR count). The van der Waals surface area contributed by atoms with Gasteiger partial charge in [-0.1, -0.05) is 11.6 Å². The van der Waals surface area contributed by atoms with Crippen LogP contribution in [0.3, 0.4) is 0 Å². The summed E-state index contributed by atoms with van der Waals surface area (Å²) in [7, 11) is 0. The van der Waals surface area contributed by atoms with Gasteiger partial charge in [-0.25, -0.2) is 9.78 Å². The van der Waals surface area contributed by atoms with Crippen molar-refractivity contribution in [2.45, 2.75) is 19.9 Å². The Balaban J connectivity index is 1.84. The van der Waals surface area contributed by atoms with E-state index in [1.165, 1.54) is 6.20 Å².